The first kappa shape index (κ1) is 12.3. The van der Waals surface area contributed by atoms with Crippen molar-refractivity contribution in [3.05, 3.63) is 0 Å². The first-order chi connectivity index (χ1) is 7.79. The van der Waals surface area contributed by atoms with Crippen LogP contribution >= 0.6 is 0 Å². The lowest BCUT2D eigenvalue weighted by Crippen LogP contribution is -2.35. The third-order valence-electron chi connectivity index (χ3n) is 3.94. The van der Waals surface area contributed by atoms with E-state index in [0.717, 1.165) is 25.7 Å². The molecule has 94 valence electrons. The number of likely N-dealkylation sites (tertiary alicyclic amines) is 1. The van der Waals surface area contributed by atoms with Gasteiger partial charge < -0.3 is 15.0 Å². The summed E-state index contributed by atoms with van der Waals surface area (Å²) < 4.78 is 6.22. The molecule has 0 bridgehead atoms. The molecular formula is C13H26N2O. The Labute approximate surface area is 99.5 Å². The standard InChI is InChI=1S/C13H26N2O/c1-3-4-11-9-13(10-15(11)2)16-12-5-7-14-8-6-12/h11-14H,3-10H2,1-2H3. The summed E-state index contributed by atoms with van der Waals surface area (Å²) >= 11 is 0. The average molecular weight is 226 g/mol. The summed E-state index contributed by atoms with van der Waals surface area (Å²) in [5, 5.41) is 3.39. The van der Waals surface area contributed by atoms with Crippen molar-refractivity contribution in [2.45, 2.75) is 57.3 Å². The minimum absolute atomic E-state index is 0.490. The molecule has 2 rings (SSSR count). The number of ether oxygens (including phenoxy) is 1. The molecule has 16 heavy (non-hydrogen) atoms. The summed E-state index contributed by atoms with van der Waals surface area (Å²) in [6, 6.07) is 0.761. The fourth-order valence-corrected chi connectivity index (χ4v) is 3.00. The van der Waals surface area contributed by atoms with Gasteiger partial charge >= 0.3 is 0 Å². The summed E-state index contributed by atoms with van der Waals surface area (Å²) in [7, 11) is 2.24. The molecule has 0 spiro atoms. The van der Waals surface area contributed by atoms with E-state index in [9.17, 15) is 0 Å². The fourth-order valence-electron chi connectivity index (χ4n) is 3.00. The first-order valence-corrected chi connectivity index (χ1v) is 6.86. The van der Waals surface area contributed by atoms with Crippen molar-refractivity contribution in [1.82, 2.24) is 10.2 Å². The maximum atomic E-state index is 6.22. The van der Waals surface area contributed by atoms with E-state index in [-0.39, 0.29) is 0 Å². The molecule has 3 nitrogen and oxygen atoms in total. The highest BCUT2D eigenvalue weighted by atomic mass is 16.5. The third-order valence-corrected chi connectivity index (χ3v) is 3.94. The lowest BCUT2D eigenvalue weighted by Gasteiger charge is -2.26. The van der Waals surface area contributed by atoms with Crippen molar-refractivity contribution in [3.63, 3.8) is 0 Å². The van der Waals surface area contributed by atoms with E-state index in [2.05, 4.69) is 24.2 Å². The minimum atomic E-state index is 0.490. The van der Waals surface area contributed by atoms with Crippen LogP contribution in [0.5, 0.6) is 0 Å². The summed E-state index contributed by atoms with van der Waals surface area (Å²) in [4.78, 5) is 2.48. The molecule has 0 radical (unpaired) electrons. The smallest absolute Gasteiger partial charge is 0.0720 e. The lowest BCUT2D eigenvalue weighted by atomic mass is 10.1. The Morgan fingerprint density at radius 2 is 2.00 bits per heavy atom. The van der Waals surface area contributed by atoms with Gasteiger partial charge in [-0.25, -0.2) is 0 Å². The van der Waals surface area contributed by atoms with E-state index in [4.69, 9.17) is 4.74 Å². The zero-order valence-corrected chi connectivity index (χ0v) is 10.7. The van der Waals surface area contributed by atoms with Gasteiger partial charge in [-0.2, -0.15) is 0 Å². The Hall–Kier alpha value is -0.120. The average Bonchev–Trinajstić information content (AvgIpc) is 2.61. The Bertz CT molecular complexity index is 204. The van der Waals surface area contributed by atoms with E-state index >= 15 is 0 Å². The Morgan fingerprint density at radius 1 is 1.25 bits per heavy atom. The summed E-state index contributed by atoms with van der Waals surface area (Å²) in [6.45, 7) is 5.67. The van der Waals surface area contributed by atoms with Gasteiger partial charge in [-0.15, -0.1) is 0 Å². The van der Waals surface area contributed by atoms with Gasteiger partial charge in [0, 0.05) is 12.6 Å². The molecule has 3 heteroatoms. The van der Waals surface area contributed by atoms with Crippen LogP contribution in [0.2, 0.25) is 0 Å². The second-order valence-electron chi connectivity index (χ2n) is 5.33. The second-order valence-corrected chi connectivity index (χ2v) is 5.33. The first-order valence-electron chi connectivity index (χ1n) is 6.86. The van der Waals surface area contributed by atoms with Crippen LogP contribution in [0.3, 0.4) is 0 Å². The summed E-state index contributed by atoms with van der Waals surface area (Å²) in [5.41, 5.74) is 0. The molecule has 0 aromatic rings. The van der Waals surface area contributed by atoms with Crippen molar-refractivity contribution >= 4 is 0 Å². The van der Waals surface area contributed by atoms with Crippen LogP contribution in [-0.2, 0) is 4.74 Å². The maximum absolute atomic E-state index is 6.22. The van der Waals surface area contributed by atoms with Crippen LogP contribution in [0.1, 0.15) is 39.0 Å². The quantitative estimate of drug-likeness (QED) is 0.788. The lowest BCUT2D eigenvalue weighted by molar-refractivity contribution is -0.0200. The molecule has 0 aliphatic carbocycles. The van der Waals surface area contributed by atoms with Gasteiger partial charge in [0.2, 0.25) is 0 Å². The van der Waals surface area contributed by atoms with Gasteiger partial charge in [0.1, 0.15) is 0 Å². The summed E-state index contributed by atoms with van der Waals surface area (Å²) in [5.74, 6) is 0. The van der Waals surface area contributed by atoms with Crippen molar-refractivity contribution in [3.8, 4) is 0 Å². The topological polar surface area (TPSA) is 24.5 Å². The van der Waals surface area contributed by atoms with Crippen LogP contribution in [-0.4, -0.2) is 49.8 Å². The van der Waals surface area contributed by atoms with Gasteiger partial charge in [-0.1, -0.05) is 13.3 Å². The Kier molecular flexibility index (Phi) is 4.62. The number of nitrogens with one attached hydrogen (secondary N) is 1. The highest BCUT2D eigenvalue weighted by Gasteiger charge is 2.31. The molecule has 0 amide bonds. The molecule has 0 aromatic heterocycles. The number of nitrogens with zero attached hydrogens (tertiary/aromatic N) is 1. The van der Waals surface area contributed by atoms with Gasteiger partial charge in [-0.3, -0.25) is 0 Å². The zero-order chi connectivity index (χ0) is 11.4. The van der Waals surface area contributed by atoms with Gasteiger partial charge in [-0.05, 0) is 45.8 Å². The van der Waals surface area contributed by atoms with Gasteiger partial charge in [0.05, 0.1) is 12.2 Å². The van der Waals surface area contributed by atoms with Crippen molar-refractivity contribution in [2.24, 2.45) is 0 Å². The Morgan fingerprint density at radius 3 is 2.69 bits per heavy atom. The highest BCUT2D eigenvalue weighted by Crippen LogP contribution is 2.24. The molecule has 2 heterocycles. The maximum Gasteiger partial charge on any atom is 0.0720 e. The number of rotatable bonds is 4. The molecule has 2 fully saturated rings. The number of hydrogen-bond donors (Lipinski definition) is 1. The molecule has 2 aliphatic heterocycles. The molecule has 2 aliphatic rings. The van der Waals surface area contributed by atoms with E-state index in [0.29, 0.717) is 12.2 Å². The molecule has 2 saturated heterocycles. The number of hydrogen-bond acceptors (Lipinski definition) is 3. The monoisotopic (exact) mass is 226 g/mol. The molecule has 2 unspecified atom stereocenters. The predicted molar refractivity (Wildman–Crippen MR) is 66.7 cm³/mol. The second kappa shape index (κ2) is 5.99. The molecule has 2 atom stereocenters. The zero-order valence-electron chi connectivity index (χ0n) is 10.7. The minimum Gasteiger partial charge on any atom is -0.373 e. The third kappa shape index (κ3) is 3.19. The van der Waals surface area contributed by atoms with E-state index in [1.165, 1.54) is 32.1 Å². The van der Waals surface area contributed by atoms with Gasteiger partial charge in [0.25, 0.3) is 0 Å². The molecule has 0 saturated carbocycles. The number of piperidine rings is 1. The summed E-state index contributed by atoms with van der Waals surface area (Å²) in [6.07, 6.45) is 7.24. The Balaban J connectivity index is 1.74. The van der Waals surface area contributed by atoms with Crippen molar-refractivity contribution in [1.29, 1.82) is 0 Å². The molecular weight excluding hydrogens is 200 g/mol. The van der Waals surface area contributed by atoms with E-state index in [1.54, 1.807) is 0 Å². The molecule has 1 N–H and O–H groups in total. The normalized spacial score (nSPS) is 33.4. The van der Waals surface area contributed by atoms with Crippen molar-refractivity contribution < 1.29 is 4.74 Å². The van der Waals surface area contributed by atoms with Crippen LogP contribution in [0.4, 0.5) is 0 Å². The SMILES string of the molecule is CCCC1CC(OC2CCNCC2)CN1C. The molecule has 0 aromatic carbocycles. The van der Waals surface area contributed by atoms with Crippen LogP contribution in [0.15, 0.2) is 0 Å². The fraction of sp³-hybridized carbons (Fsp3) is 1.00. The van der Waals surface area contributed by atoms with Gasteiger partial charge in [0.15, 0.2) is 0 Å². The highest BCUT2D eigenvalue weighted by molar-refractivity contribution is 4.85. The largest absolute Gasteiger partial charge is 0.373 e. The number of likely N-dealkylation sites (N-methyl/N-ethyl adjacent to an activating group) is 1. The van der Waals surface area contributed by atoms with E-state index in [1.807, 2.05) is 0 Å². The van der Waals surface area contributed by atoms with Crippen LogP contribution in [0.25, 0.3) is 0 Å². The predicted octanol–water partition coefficient (Wildman–Crippen LogP) is 1.63. The van der Waals surface area contributed by atoms with E-state index < -0.39 is 0 Å². The van der Waals surface area contributed by atoms with Crippen LogP contribution in [0, 0.1) is 0 Å². The van der Waals surface area contributed by atoms with Crippen LogP contribution < -0.4 is 5.32 Å². The van der Waals surface area contributed by atoms with Crippen molar-refractivity contribution in [2.75, 3.05) is 26.7 Å².